The van der Waals surface area contributed by atoms with Crippen LogP contribution in [0.1, 0.15) is 47.9 Å². The molecule has 0 aromatic heterocycles. The Morgan fingerprint density at radius 2 is 1.97 bits per heavy atom. The van der Waals surface area contributed by atoms with Gasteiger partial charge in [0, 0.05) is 18.0 Å². The maximum Gasteiger partial charge on any atom is 0.527 e. The summed E-state index contributed by atoms with van der Waals surface area (Å²) in [6.07, 6.45) is 5.32. The van der Waals surface area contributed by atoms with E-state index in [0.717, 1.165) is 36.1 Å². The van der Waals surface area contributed by atoms with Crippen LogP contribution in [0.4, 0.5) is 0 Å². The zero-order valence-electron chi connectivity index (χ0n) is 21.4. The number of hydrogen-bond donors (Lipinski definition) is 2. The summed E-state index contributed by atoms with van der Waals surface area (Å²) in [5.74, 6) is 0.337. The number of nitrogens with zero attached hydrogens (tertiary/aromatic N) is 1. The number of fused-ring (bicyclic) bond motifs is 1. The minimum Gasteiger partial charge on any atom is -0.477 e. The van der Waals surface area contributed by atoms with Crippen LogP contribution < -0.4 is 9.26 Å². The molecule has 1 saturated carbocycles. The van der Waals surface area contributed by atoms with Gasteiger partial charge in [0.05, 0.1) is 17.6 Å². The molecule has 2 bridgehead atoms. The van der Waals surface area contributed by atoms with Crippen LogP contribution in [0.25, 0.3) is 0 Å². The van der Waals surface area contributed by atoms with E-state index in [1.807, 2.05) is 25.2 Å². The van der Waals surface area contributed by atoms with Crippen LogP contribution in [0.3, 0.4) is 0 Å². The Labute approximate surface area is 221 Å². The van der Waals surface area contributed by atoms with Crippen LogP contribution in [0.5, 0.6) is 11.5 Å². The Hall–Kier alpha value is -2.48. The first-order valence-corrected chi connectivity index (χ1v) is 14.9. The van der Waals surface area contributed by atoms with Crippen molar-refractivity contribution in [3.63, 3.8) is 0 Å². The molecule has 9 heteroatoms. The van der Waals surface area contributed by atoms with E-state index < -0.39 is 24.9 Å². The number of ketones is 1. The molecule has 2 heterocycles. The highest BCUT2D eigenvalue weighted by molar-refractivity contribution is 7.47. The van der Waals surface area contributed by atoms with E-state index in [1.165, 1.54) is 11.1 Å². The van der Waals surface area contributed by atoms with E-state index >= 15 is 0 Å². The van der Waals surface area contributed by atoms with E-state index in [1.54, 1.807) is 6.07 Å². The molecule has 0 radical (unpaired) electrons. The first-order chi connectivity index (χ1) is 18.2. The number of ether oxygens (including phenoxy) is 1. The number of phosphoric ester groups is 1. The third-order valence-corrected chi connectivity index (χ3v) is 10.5. The first-order valence-electron chi connectivity index (χ1n) is 13.4. The zero-order chi connectivity index (χ0) is 26.3. The molecule has 38 heavy (non-hydrogen) atoms. The first kappa shape index (κ1) is 24.6. The Balaban J connectivity index is 1.13. The molecule has 2 aliphatic heterocycles. The van der Waals surface area contributed by atoms with Gasteiger partial charge in [-0.3, -0.25) is 14.2 Å². The number of piperidine rings is 1. The summed E-state index contributed by atoms with van der Waals surface area (Å²) in [5.41, 5.74) is 3.52. The summed E-state index contributed by atoms with van der Waals surface area (Å²) in [6, 6.07) is 11.7. The van der Waals surface area contributed by atoms with Crippen molar-refractivity contribution in [3.05, 3.63) is 70.3 Å². The van der Waals surface area contributed by atoms with Gasteiger partial charge in [0.25, 0.3) is 0 Å². The van der Waals surface area contributed by atoms with Crippen molar-refractivity contribution >= 4 is 13.6 Å². The van der Waals surface area contributed by atoms with E-state index in [2.05, 4.69) is 23.1 Å². The molecule has 2 aromatic rings. The normalized spacial score (nSPS) is 32.5. The largest absolute Gasteiger partial charge is 0.527 e. The predicted molar refractivity (Wildman–Crippen MR) is 139 cm³/mol. The fraction of sp³-hybridized carbons (Fsp3) is 0.483. The van der Waals surface area contributed by atoms with Crippen LogP contribution in [-0.4, -0.2) is 58.6 Å². The highest BCUT2D eigenvalue weighted by Gasteiger charge is 2.72. The average molecular weight is 538 g/mol. The average Bonchev–Trinajstić information content (AvgIpc) is 3.26. The van der Waals surface area contributed by atoms with Gasteiger partial charge in [0.1, 0.15) is 0 Å². The number of aliphatic hydroxyl groups is 1. The summed E-state index contributed by atoms with van der Waals surface area (Å²) < 4.78 is 30.2. The van der Waals surface area contributed by atoms with E-state index in [0.29, 0.717) is 31.4 Å². The van der Waals surface area contributed by atoms with Crippen molar-refractivity contribution < 1.29 is 33.1 Å². The molecule has 5 atom stereocenters. The highest BCUT2D eigenvalue weighted by atomic mass is 31.2. The summed E-state index contributed by atoms with van der Waals surface area (Å²) in [4.78, 5) is 25.9. The molecule has 2 fully saturated rings. The zero-order valence-corrected chi connectivity index (χ0v) is 22.3. The Morgan fingerprint density at radius 1 is 1.16 bits per heavy atom. The van der Waals surface area contributed by atoms with Crippen molar-refractivity contribution in [1.29, 1.82) is 0 Å². The van der Waals surface area contributed by atoms with Gasteiger partial charge in [-0.15, -0.1) is 0 Å². The topological polar surface area (TPSA) is 106 Å². The van der Waals surface area contributed by atoms with E-state index in [9.17, 15) is 19.4 Å². The van der Waals surface area contributed by atoms with Crippen molar-refractivity contribution in [2.75, 3.05) is 20.2 Å². The van der Waals surface area contributed by atoms with Gasteiger partial charge in [0.15, 0.2) is 23.4 Å². The SMILES string of the molecule is CN1CCC23c4c5ccc(OP(=O)(O)OCCC6=CCc7ccccc7C6)c4OC2C(=O)CCC3(O)C1C5. The van der Waals surface area contributed by atoms with Crippen LogP contribution in [-0.2, 0) is 38.6 Å². The van der Waals surface area contributed by atoms with Crippen molar-refractivity contribution in [3.8, 4) is 11.5 Å². The quantitative estimate of drug-likeness (QED) is 0.425. The number of Topliss-reactive ketones (excluding diaryl/α,β-unsaturated/α-hetero) is 1. The molecule has 1 saturated heterocycles. The van der Waals surface area contributed by atoms with Crippen LogP contribution in [0.15, 0.2) is 48.0 Å². The van der Waals surface area contributed by atoms with Crippen molar-refractivity contribution in [1.82, 2.24) is 4.90 Å². The number of benzene rings is 2. The highest BCUT2D eigenvalue weighted by Crippen LogP contribution is 2.65. The summed E-state index contributed by atoms with van der Waals surface area (Å²) >= 11 is 0. The second-order valence-corrected chi connectivity index (χ2v) is 12.8. The number of allylic oxidation sites excluding steroid dienone is 1. The third-order valence-electron chi connectivity index (χ3n) is 9.55. The molecule has 8 nitrogen and oxygen atoms in total. The molecule has 5 unspecified atom stereocenters. The summed E-state index contributed by atoms with van der Waals surface area (Å²) in [6.45, 7) is 0.772. The van der Waals surface area contributed by atoms with Gasteiger partial charge in [-0.25, -0.2) is 4.57 Å². The molecule has 7 rings (SSSR count). The third kappa shape index (κ3) is 3.44. The summed E-state index contributed by atoms with van der Waals surface area (Å²) in [7, 11) is -2.45. The minimum absolute atomic E-state index is 0.0428. The van der Waals surface area contributed by atoms with Crippen molar-refractivity contribution in [2.45, 2.75) is 68.1 Å². The predicted octanol–water partition coefficient (Wildman–Crippen LogP) is 3.65. The number of hydrogen-bond acceptors (Lipinski definition) is 7. The lowest BCUT2D eigenvalue weighted by atomic mass is 9.49. The number of carbonyl (C=O) groups is 1. The molecule has 0 amide bonds. The lowest BCUT2D eigenvalue weighted by Crippen LogP contribution is -2.76. The minimum atomic E-state index is -4.47. The molecule has 1 spiro atoms. The number of likely N-dealkylation sites (tertiary alicyclic amines) is 1. The van der Waals surface area contributed by atoms with Gasteiger partial charge in [-0.2, -0.15) is 0 Å². The maximum atomic E-state index is 13.1. The second-order valence-electron chi connectivity index (χ2n) is 11.4. The molecule has 5 aliphatic rings. The monoisotopic (exact) mass is 537 g/mol. The molecule has 2 aromatic carbocycles. The van der Waals surface area contributed by atoms with Crippen LogP contribution in [0, 0.1) is 0 Å². The molecular formula is C29H32NO7P. The van der Waals surface area contributed by atoms with Gasteiger partial charge >= 0.3 is 7.82 Å². The van der Waals surface area contributed by atoms with E-state index in [-0.39, 0.29) is 30.6 Å². The number of likely N-dealkylation sites (N-methyl/N-ethyl adjacent to an activating group) is 1. The van der Waals surface area contributed by atoms with Crippen LogP contribution >= 0.6 is 7.82 Å². The Morgan fingerprint density at radius 3 is 2.82 bits per heavy atom. The smallest absolute Gasteiger partial charge is 0.477 e. The lowest BCUT2D eigenvalue weighted by molar-refractivity contribution is -0.185. The number of rotatable bonds is 6. The fourth-order valence-corrected chi connectivity index (χ4v) is 8.50. The molecule has 200 valence electrons. The molecular weight excluding hydrogens is 505 g/mol. The maximum absolute atomic E-state index is 13.1. The van der Waals surface area contributed by atoms with Crippen LogP contribution in [0.2, 0.25) is 0 Å². The van der Waals surface area contributed by atoms with Gasteiger partial charge in [-0.1, -0.05) is 42.0 Å². The second kappa shape index (κ2) is 8.51. The fourth-order valence-electron chi connectivity index (χ4n) is 7.73. The number of carbonyl (C=O) groups excluding carboxylic acids is 1. The lowest BCUT2D eigenvalue weighted by Gasteiger charge is -2.62. The van der Waals surface area contributed by atoms with Crippen molar-refractivity contribution in [2.24, 2.45) is 0 Å². The molecule has 3 aliphatic carbocycles. The Bertz CT molecular complexity index is 1420. The standard InChI is InChI=1S/C29H32NO7P/c1-30-14-13-28-25-21-8-9-23(26(25)36-27(28)22(31)10-12-29(28,32)24(30)17-21)37-38(33,34)35-15-11-18-6-7-19-4-2-3-5-20(19)16-18/h2-6,8-9,24,27,32H,7,10-17H2,1H3,(H,33,34). The van der Waals surface area contributed by atoms with E-state index in [4.69, 9.17) is 13.8 Å². The molecule has 2 N–H and O–H groups in total. The summed E-state index contributed by atoms with van der Waals surface area (Å²) in [5, 5.41) is 12.1. The van der Waals surface area contributed by atoms with Gasteiger partial charge in [0.2, 0.25) is 0 Å². The van der Waals surface area contributed by atoms with Gasteiger partial charge < -0.3 is 19.3 Å². The van der Waals surface area contributed by atoms with Gasteiger partial charge in [-0.05, 0) is 74.9 Å². The number of phosphoric acid groups is 1. The Kier molecular flexibility index (Phi) is 5.50.